The van der Waals surface area contributed by atoms with Gasteiger partial charge in [0.05, 0.1) is 24.6 Å². The van der Waals surface area contributed by atoms with Crippen molar-refractivity contribution in [3.63, 3.8) is 0 Å². The first-order valence-corrected chi connectivity index (χ1v) is 5.27. The predicted molar refractivity (Wildman–Crippen MR) is 57.7 cm³/mol. The Morgan fingerprint density at radius 1 is 1.44 bits per heavy atom. The fourth-order valence-electron chi connectivity index (χ4n) is 1.61. The number of nitriles is 1. The molecule has 0 bridgehead atoms. The van der Waals surface area contributed by atoms with E-state index in [9.17, 15) is 4.79 Å². The Kier molecular flexibility index (Phi) is 3.76. The molecule has 0 aromatic rings. The number of rotatable bonds is 1. The molecule has 90 valence electrons. The van der Waals surface area contributed by atoms with Gasteiger partial charge in [0.2, 0.25) is 0 Å². The summed E-state index contributed by atoms with van der Waals surface area (Å²) in [6, 6.07) is 2.14. The molecule has 5 heteroatoms. The summed E-state index contributed by atoms with van der Waals surface area (Å²) < 4.78 is 10.4. The molecule has 1 saturated heterocycles. The second kappa shape index (κ2) is 4.71. The first-order chi connectivity index (χ1) is 7.37. The van der Waals surface area contributed by atoms with Gasteiger partial charge in [-0.3, -0.25) is 0 Å². The molecule has 2 atom stereocenters. The van der Waals surface area contributed by atoms with Crippen LogP contribution >= 0.6 is 0 Å². The maximum atomic E-state index is 11.7. The van der Waals surface area contributed by atoms with Gasteiger partial charge in [0.25, 0.3) is 0 Å². The molecule has 1 heterocycles. The van der Waals surface area contributed by atoms with Crippen molar-refractivity contribution < 1.29 is 14.3 Å². The van der Waals surface area contributed by atoms with E-state index in [0.29, 0.717) is 13.1 Å². The number of ether oxygens (including phenoxy) is 2. The second-order valence-electron chi connectivity index (χ2n) is 4.90. The molecule has 0 N–H and O–H groups in total. The molecule has 0 saturated carbocycles. The van der Waals surface area contributed by atoms with Gasteiger partial charge in [0, 0.05) is 13.7 Å². The molecule has 0 radical (unpaired) electrons. The Bertz CT molecular complexity index is 303. The standard InChI is InChI=1S/C11H18N2O3/c1-11(2,3)16-10(14)13-6-8(5-12)9(7-13)15-4/h8-9H,6-7H2,1-4H3. The third-order valence-electron chi connectivity index (χ3n) is 2.39. The Morgan fingerprint density at radius 2 is 2.06 bits per heavy atom. The van der Waals surface area contributed by atoms with Crippen molar-refractivity contribution in [2.24, 2.45) is 5.92 Å². The highest BCUT2D eigenvalue weighted by molar-refractivity contribution is 5.68. The number of nitrogens with zero attached hydrogens (tertiary/aromatic N) is 2. The van der Waals surface area contributed by atoms with E-state index in [0.717, 1.165) is 0 Å². The summed E-state index contributed by atoms with van der Waals surface area (Å²) in [4.78, 5) is 13.2. The number of hydrogen-bond donors (Lipinski definition) is 0. The zero-order chi connectivity index (χ0) is 12.3. The van der Waals surface area contributed by atoms with Crippen LogP contribution in [0.25, 0.3) is 0 Å². The lowest BCUT2D eigenvalue weighted by atomic mass is 10.1. The van der Waals surface area contributed by atoms with E-state index >= 15 is 0 Å². The number of amides is 1. The van der Waals surface area contributed by atoms with Gasteiger partial charge < -0.3 is 14.4 Å². The minimum Gasteiger partial charge on any atom is -0.444 e. The van der Waals surface area contributed by atoms with Crippen LogP contribution in [-0.4, -0.2) is 42.9 Å². The van der Waals surface area contributed by atoms with E-state index in [4.69, 9.17) is 14.7 Å². The minimum absolute atomic E-state index is 0.211. The van der Waals surface area contributed by atoms with Crippen LogP contribution in [0.1, 0.15) is 20.8 Å². The van der Waals surface area contributed by atoms with E-state index in [1.165, 1.54) is 4.90 Å². The lowest BCUT2D eigenvalue weighted by Gasteiger charge is -2.24. The summed E-state index contributed by atoms with van der Waals surface area (Å²) in [6.07, 6.45) is -0.593. The molecule has 1 rings (SSSR count). The first kappa shape index (κ1) is 12.8. The summed E-state index contributed by atoms with van der Waals surface area (Å²) >= 11 is 0. The fourth-order valence-corrected chi connectivity index (χ4v) is 1.61. The molecule has 5 nitrogen and oxygen atoms in total. The minimum atomic E-state index is -0.510. The predicted octanol–water partition coefficient (Wildman–Crippen LogP) is 1.39. The zero-order valence-electron chi connectivity index (χ0n) is 10.2. The lowest BCUT2D eigenvalue weighted by molar-refractivity contribution is 0.0252. The normalized spacial score (nSPS) is 25.3. The Balaban J connectivity index is 2.58. The third kappa shape index (κ3) is 3.11. The molecule has 1 aliphatic heterocycles. The summed E-state index contributed by atoms with van der Waals surface area (Å²) in [5.41, 5.74) is -0.510. The zero-order valence-corrected chi connectivity index (χ0v) is 10.2. The Labute approximate surface area is 95.9 Å². The van der Waals surface area contributed by atoms with Gasteiger partial charge in [-0.05, 0) is 20.8 Å². The van der Waals surface area contributed by atoms with Crippen molar-refractivity contribution in [1.82, 2.24) is 4.90 Å². The van der Waals surface area contributed by atoms with Crippen LogP contribution in [0.3, 0.4) is 0 Å². The number of likely N-dealkylation sites (tertiary alicyclic amines) is 1. The van der Waals surface area contributed by atoms with Gasteiger partial charge >= 0.3 is 6.09 Å². The van der Waals surface area contributed by atoms with Crippen LogP contribution in [0.5, 0.6) is 0 Å². The van der Waals surface area contributed by atoms with E-state index in [-0.39, 0.29) is 18.1 Å². The summed E-state index contributed by atoms with van der Waals surface area (Å²) in [5, 5.41) is 8.89. The molecule has 0 aromatic carbocycles. The lowest BCUT2D eigenvalue weighted by Crippen LogP contribution is -2.36. The van der Waals surface area contributed by atoms with Gasteiger partial charge in [0.15, 0.2) is 0 Å². The van der Waals surface area contributed by atoms with Crippen molar-refractivity contribution in [2.75, 3.05) is 20.2 Å². The summed E-state index contributed by atoms with van der Waals surface area (Å²) in [6.45, 7) is 6.25. The SMILES string of the molecule is COC1CN(C(=O)OC(C)(C)C)CC1C#N. The topological polar surface area (TPSA) is 62.6 Å². The molecule has 0 aliphatic carbocycles. The number of hydrogen-bond acceptors (Lipinski definition) is 4. The van der Waals surface area contributed by atoms with Gasteiger partial charge in [-0.2, -0.15) is 5.26 Å². The number of methoxy groups -OCH3 is 1. The molecule has 16 heavy (non-hydrogen) atoms. The first-order valence-electron chi connectivity index (χ1n) is 5.27. The number of carbonyl (C=O) groups excluding carboxylic acids is 1. The van der Waals surface area contributed by atoms with Crippen molar-refractivity contribution in [3.8, 4) is 6.07 Å². The fraction of sp³-hybridized carbons (Fsp3) is 0.818. The van der Waals surface area contributed by atoms with Crippen LogP contribution in [0.2, 0.25) is 0 Å². The van der Waals surface area contributed by atoms with Crippen LogP contribution in [0.15, 0.2) is 0 Å². The Morgan fingerprint density at radius 3 is 2.44 bits per heavy atom. The van der Waals surface area contributed by atoms with E-state index in [1.807, 2.05) is 20.8 Å². The van der Waals surface area contributed by atoms with Gasteiger partial charge in [-0.25, -0.2) is 4.79 Å². The maximum absolute atomic E-state index is 11.7. The van der Waals surface area contributed by atoms with Gasteiger partial charge in [-0.1, -0.05) is 0 Å². The van der Waals surface area contributed by atoms with Crippen molar-refractivity contribution in [2.45, 2.75) is 32.5 Å². The van der Waals surface area contributed by atoms with Crippen LogP contribution in [-0.2, 0) is 9.47 Å². The van der Waals surface area contributed by atoms with E-state index in [2.05, 4.69) is 6.07 Å². The van der Waals surface area contributed by atoms with Gasteiger partial charge in [-0.15, -0.1) is 0 Å². The average Bonchev–Trinajstić information content (AvgIpc) is 2.57. The smallest absolute Gasteiger partial charge is 0.410 e. The highest BCUT2D eigenvalue weighted by atomic mass is 16.6. The highest BCUT2D eigenvalue weighted by Crippen LogP contribution is 2.21. The maximum Gasteiger partial charge on any atom is 0.410 e. The molecule has 0 aromatic heterocycles. The highest BCUT2D eigenvalue weighted by Gasteiger charge is 2.37. The van der Waals surface area contributed by atoms with Crippen molar-refractivity contribution >= 4 is 6.09 Å². The molecular weight excluding hydrogens is 208 g/mol. The van der Waals surface area contributed by atoms with Gasteiger partial charge in [0.1, 0.15) is 5.60 Å². The summed E-state index contributed by atoms with van der Waals surface area (Å²) in [7, 11) is 1.55. The largest absolute Gasteiger partial charge is 0.444 e. The molecule has 1 aliphatic rings. The molecular formula is C11H18N2O3. The molecule has 2 unspecified atom stereocenters. The monoisotopic (exact) mass is 226 g/mol. The average molecular weight is 226 g/mol. The van der Waals surface area contributed by atoms with E-state index < -0.39 is 5.60 Å². The molecule has 1 fully saturated rings. The Hall–Kier alpha value is -1.28. The quantitative estimate of drug-likeness (QED) is 0.678. The summed E-state index contributed by atoms with van der Waals surface area (Å²) in [5.74, 6) is -0.266. The third-order valence-corrected chi connectivity index (χ3v) is 2.39. The molecule has 1 amide bonds. The van der Waals surface area contributed by atoms with E-state index in [1.54, 1.807) is 7.11 Å². The van der Waals surface area contributed by atoms with Crippen LogP contribution in [0, 0.1) is 17.2 Å². The second-order valence-corrected chi connectivity index (χ2v) is 4.90. The molecule has 0 spiro atoms. The van der Waals surface area contributed by atoms with Crippen molar-refractivity contribution in [3.05, 3.63) is 0 Å². The van der Waals surface area contributed by atoms with Crippen LogP contribution < -0.4 is 0 Å². The van der Waals surface area contributed by atoms with Crippen molar-refractivity contribution in [1.29, 1.82) is 5.26 Å². The van der Waals surface area contributed by atoms with Crippen LogP contribution in [0.4, 0.5) is 4.79 Å². The number of carbonyl (C=O) groups is 1.